The van der Waals surface area contributed by atoms with Gasteiger partial charge < -0.3 is 20.1 Å². The molecule has 2 N–H and O–H groups in total. The zero-order valence-corrected chi connectivity index (χ0v) is 14.5. The molecule has 25 heavy (non-hydrogen) atoms. The number of anilines is 2. The fraction of sp³-hybridized carbons (Fsp3) is 0.188. The van der Waals surface area contributed by atoms with Crippen molar-refractivity contribution in [2.75, 3.05) is 30.4 Å². The summed E-state index contributed by atoms with van der Waals surface area (Å²) in [6.45, 7) is 1.03. The summed E-state index contributed by atoms with van der Waals surface area (Å²) >= 11 is 7.33. The third kappa shape index (κ3) is 3.31. The Bertz CT molecular complexity index is 946. The minimum absolute atomic E-state index is 0.0489. The first-order chi connectivity index (χ1) is 12.2. The monoisotopic (exact) mass is 376 g/mol. The molecule has 0 saturated heterocycles. The molecule has 0 bridgehead atoms. The number of amides is 1. The van der Waals surface area contributed by atoms with Gasteiger partial charge in [-0.15, -0.1) is 0 Å². The predicted octanol–water partition coefficient (Wildman–Crippen LogP) is 3.17. The maximum Gasteiger partial charge on any atom is 0.243 e. The van der Waals surface area contributed by atoms with Crippen LogP contribution in [0.1, 0.15) is 0 Å². The summed E-state index contributed by atoms with van der Waals surface area (Å²) in [7, 11) is 0. The van der Waals surface area contributed by atoms with Gasteiger partial charge in [0.15, 0.2) is 11.5 Å². The van der Waals surface area contributed by atoms with Crippen LogP contribution in [0, 0.1) is 0 Å². The number of aromatic nitrogens is 2. The largest absolute Gasteiger partial charge is 0.486 e. The van der Waals surface area contributed by atoms with Crippen molar-refractivity contribution >= 4 is 51.6 Å². The Balaban J connectivity index is 1.44. The second kappa shape index (κ2) is 6.73. The van der Waals surface area contributed by atoms with Crippen molar-refractivity contribution < 1.29 is 14.3 Å². The summed E-state index contributed by atoms with van der Waals surface area (Å²) in [6, 6.07) is 8.87. The van der Waals surface area contributed by atoms with Gasteiger partial charge in [0.1, 0.15) is 24.2 Å². The number of carbonyl (C=O) groups excluding carboxylic acids is 1. The minimum atomic E-state index is -0.216. The first kappa shape index (κ1) is 15.9. The molecular weight excluding hydrogens is 364 g/mol. The molecule has 128 valence electrons. The fourth-order valence-electron chi connectivity index (χ4n) is 2.48. The molecule has 0 spiro atoms. The zero-order valence-electron chi connectivity index (χ0n) is 12.9. The van der Waals surface area contributed by atoms with Crippen LogP contribution in [-0.2, 0) is 4.79 Å². The second-order valence-corrected chi connectivity index (χ2v) is 6.25. The summed E-state index contributed by atoms with van der Waals surface area (Å²) in [5, 5.41) is 6.30. The van der Waals surface area contributed by atoms with Crippen LogP contribution in [0.5, 0.6) is 11.5 Å². The Kier molecular flexibility index (Phi) is 4.29. The van der Waals surface area contributed by atoms with E-state index < -0.39 is 0 Å². The number of nitrogens with zero attached hydrogens (tertiary/aromatic N) is 2. The third-order valence-corrected chi connectivity index (χ3v) is 4.49. The van der Waals surface area contributed by atoms with Gasteiger partial charge in [-0.1, -0.05) is 17.7 Å². The van der Waals surface area contributed by atoms with Crippen LogP contribution in [0.3, 0.4) is 0 Å². The number of hydrogen-bond acceptors (Lipinski definition) is 7. The fourth-order valence-corrected chi connectivity index (χ4v) is 3.25. The van der Waals surface area contributed by atoms with E-state index >= 15 is 0 Å². The molecule has 1 aliphatic rings. The lowest BCUT2D eigenvalue weighted by atomic mass is 10.2. The van der Waals surface area contributed by atoms with Crippen LogP contribution in [0.4, 0.5) is 11.4 Å². The number of benzene rings is 2. The SMILES string of the molecule is O=C(CNc1cc2c(cc1Cl)OCCO2)Nc1cccc2nsnc12. The molecule has 0 saturated carbocycles. The molecule has 9 heteroatoms. The minimum Gasteiger partial charge on any atom is -0.486 e. The average Bonchev–Trinajstić information content (AvgIpc) is 3.10. The molecular formula is C16H13ClN4O3S. The Morgan fingerprint density at radius 1 is 1.16 bits per heavy atom. The lowest BCUT2D eigenvalue weighted by molar-refractivity contribution is -0.114. The van der Waals surface area contributed by atoms with Crippen molar-refractivity contribution in [2.45, 2.75) is 0 Å². The van der Waals surface area contributed by atoms with Gasteiger partial charge in [-0.25, -0.2) is 0 Å². The van der Waals surface area contributed by atoms with E-state index in [1.54, 1.807) is 18.2 Å². The predicted molar refractivity (Wildman–Crippen MR) is 97.0 cm³/mol. The van der Waals surface area contributed by atoms with Crippen LogP contribution in [0.2, 0.25) is 5.02 Å². The van der Waals surface area contributed by atoms with Crippen molar-refractivity contribution in [2.24, 2.45) is 0 Å². The molecule has 1 amide bonds. The molecule has 0 aliphatic carbocycles. The summed E-state index contributed by atoms with van der Waals surface area (Å²) in [4.78, 5) is 12.2. The molecule has 7 nitrogen and oxygen atoms in total. The van der Waals surface area contributed by atoms with Crippen molar-refractivity contribution in [1.29, 1.82) is 0 Å². The van der Waals surface area contributed by atoms with E-state index in [0.717, 1.165) is 17.2 Å². The molecule has 0 radical (unpaired) electrons. The maximum atomic E-state index is 12.2. The van der Waals surface area contributed by atoms with Crippen molar-refractivity contribution in [3.8, 4) is 11.5 Å². The highest BCUT2D eigenvalue weighted by Crippen LogP contribution is 2.37. The van der Waals surface area contributed by atoms with E-state index in [9.17, 15) is 4.79 Å². The van der Waals surface area contributed by atoms with Crippen molar-refractivity contribution in [3.63, 3.8) is 0 Å². The maximum absolute atomic E-state index is 12.2. The molecule has 1 aliphatic heterocycles. The Morgan fingerprint density at radius 3 is 2.80 bits per heavy atom. The first-order valence-electron chi connectivity index (χ1n) is 7.55. The molecule has 2 aromatic carbocycles. The highest BCUT2D eigenvalue weighted by Gasteiger charge is 2.16. The van der Waals surface area contributed by atoms with Gasteiger partial charge in [0, 0.05) is 12.1 Å². The van der Waals surface area contributed by atoms with Crippen LogP contribution in [0.25, 0.3) is 11.0 Å². The smallest absolute Gasteiger partial charge is 0.243 e. The number of carbonyl (C=O) groups is 1. The number of halogens is 1. The van der Waals surface area contributed by atoms with E-state index in [0.29, 0.717) is 46.6 Å². The van der Waals surface area contributed by atoms with Crippen LogP contribution >= 0.6 is 23.3 Å². The molecule has 1 aromatic heterocycles. The zero-order chi connectivity index (χ0) is 17.2. The standard InChI is InChI=1S/C16H13ClN4O3S/c17-9-6-13-14(24-5-4-23-13)7-12(9)18-8-15(22)19-10-2-1-3-11-16(10)21-25-20-11/h1-3,6-7,18H,4-5,8H2,(H,19,22). The summed E-state index contributed by atoms with van der Waals surface area (Å²) in [5.41, 5.74) is 2.67. The number of hydrogen-bond donors (Lipinski definition) is 2. The number of fused-ring (bicyclic) bond motifs is 2. The van der Waals surface area contributed by atoms with E-state index in [-0.39, 0.29) is 12.5 Å². The van der Waals surface area contributed by atoms with Gasteiger partial charge in [-0.2, -0.15) is 8.75 Å². The molecule has 4 rings (SSSR count). The highest BCUT2D eigenvalue weighted by molar-refractivity contribution is 7.00. The van der Waals surface area contributed by atoms with E-state index in [1.165, 1.54) is 0 Å². The summed E-state index contributed by atoms with van der Waals surface area (Å²) in [6.07, 6.45) is 0. The molecule has 0 atom stereocenters. The highest BCUT2D eigenvalue weighted by atomic mass is 35.5. The number of ether oxygens (including phenoxy) is 2. The van der Waals surface area contributed by atoms with Gasteiger partial charge in [0.2, 0.25) is 5.91 Å². The van der Waals surface area contributed by atoms with Crippen LogP contribution in [-0.4, -0.2) is 34.4 Å². The van der Waals surface area contributed by atoms with E-state index in [2.05, 4.69) is 19.4 Å². The third-order valence-electron chi connectivity index (χ3n) is 3.63. The normalized spacial score (nSPS) is 12.8. The topological polar surface area (TPSA) is 85.4 Å². The molecule has 0 fully saturated rings. The lowest BCUT2D eigenvalue weighted by Crippen LogP contribution is -2.22. The average molecular weight is 377 g/mol. The first-order valence-corrected chi connectivity index (χ1v) is 8.66. The van der Waals surface area contributed by atoms with E-state index in [1.807, 2.05) is 12.1 Å². The van der Waals surface area contributed by atoms with Gasteiger partial charge in [0.25, 0.3) is 0 Å². The van der Waals surface area contributed by atoms with Crippen molar-refractivity contribution in [3.05, 3.63) is 35.4 Å². The van der Waals surface area contributed by atoms with Gasteiger partial charge in [-0.05, 0) is 12.1 Å². The number of nitrogens with one attached hydrogen (secondary N) is 2. The van der Waals surface area contributed by atoms with Gasteiger partial charge >= 0.3 is 0 Å². The summed E-state index contributed by atoms with van der Waals surface area (Å²) in [5.74, 6) is 0.997. The van der Waals surface area contributed by atoms with Crippen molar-refractivity contribution in [1.82, 2.24) is 8.75 Å². The Morgan fingerprint density at radius 2 is 1.96 bits per heavy atom. The van der Waals surface area contributed by atoms with E-state index in [4.69, 9.17) is 21.1 Å². The van der Waals surface area contributed by atoms with Crippen LogP contribution < -0.4 is 20.1 Å². The number of rotatable bonds is 4. The Labute approximate surface area is 152 Å². The molecule has 2 heterocycles. The van der Waals surface area contributed by atoms with Gasteiger partial charge in [0.05, 0.1) is 34.7 Å². The molecule has 0 unspecified atom stereocenters. The Hall–Kier alpha value is -2.58. The lowest BCUT2D eigenvalue weighted by Gasteiger charge is -2.20. The quantitative estimate of drug-likeness (QED) is 0.727. The van der Waals surface area contributed by atoms with Gasteiger partial charge in [-0.3, -0.25) is 4.79 Å². The molecule has 3 aromatic rings. The van der Waals surface area contributed by atoms with Crippen LogP contribution in [0.15, 0.2) is 30.3 Å². The summed E-state index contributed by atoms with van der Waals surface area (Å²) < 4.78 is 19.3. The second-order valence-electron chi connectivity index (χ2n) is 5.31.